The van der Waals surface area contributed by atoms with E-state index in [-0.39, 0.29) is 24.3 Å². The van der Waals surface area contributed by atoms with Gasteiger partial charge < -0.3 is 15.4 Å². The lowest BCUT2D eigenvalue weighted by Crippen LogP contribution is -2.30. The number of amides is 1. The SMILES string of the molecule is COc1ccccc1NC(=O)CNC(C)c1cccc(F)c1. The van der Waals surface area contributed by atoms with Crippen molar-refractivity contribution in [3.8, 4) is 5.75 Å². The fourth-order valence-corrected chi connectivity index (χ4v) is 2.08. The molecule has 1 unspecified atom stereocenters. The van der Waals surface area contributed by atoms with Gasteiger partial charge in [-0.15, -0.1) is 0 Å². The predicted molar refractivity (Wildman–Crippen MR) is 84.4 cm³/mol. The Morgan fingerprint density at radius 3 is 2.73 bits per heavy atom. The van der Waals surface area contributed by atoms with Crippen LogP contribution in [0, 0.1) is 5.82 Å². The number of methoxy groups -OCH3 is 1. The Labute approximate surface area is 129 Å². The zero-order valence-electron chi connectivity index (χ0n) is 12.6. The molecule has 2 aromatic rings. The Morgan fingerprint density at radius 2 is 2.00 bits per heavy atom. The average molecular weight is 302 g/mol. The van der Waals surface area contributed by atoms with Crippen molar-refractivity contribution in [2.45, 2.75) is 13.0 Å². The molecule has 1 amide bonds. The molecule has 2 rings (SSSR count). The van der Waals surface area contributed by atoms with Gasteiger partial charge in [0, 0.05) is 6.04 Å². The number of anilines is 1. The lowest BCUT2D eigenvalue weighted by Gasteiger charge is -2.15. The van der Waals surface area contributed by atoms with Crippen molar-refractivity contribution in [3.63, 3.8) is 0 Å². The number of rotatable bonds is 6. The highest BCUT2D eigenvalue weighted by Gasteiger charge is 2.10. The monoisotopic (exact) mass is 302 g/mol. The summed E-state index contributed by atoms with van der Waals surface area (Å²) in [5.74, 6) is 0.131. The van der Waals surface area contributed by atoms with Crippen LogP contribution < -0.4 is 15.4 Å². The Kier molecular flexibility index (Phi) is 5.49. The largest absolute Gasteiger partial charge is 0.495 e. The topological polar surface area (TPSA) is 50.4 Å². The highest BCUT2D eigenvalue weighted by molar-refractivity contribution is 5.93. The van der Waals surface area contributed by atoms with Gasteiger partial charge in [-0.1, -0.05) is 24.3 Å². The number of nitrogens with one attached hydrogen (secondary N) is 2. The molecule has 0 fully saturated rings. The van der Waals surface area contributed by atoms with Gasteiger partial charge in [0.15, 0.2) is 0 Å². The van der Waals surface area contributed by atoms with Crippen LogP contribution in [0.5, 0.6) is 5.75 Å². The summed E-state index contributed by atoms with van der Waals surface area (Å²) in [4.78, 5) is 12.0. The van der Waals surface area contributed by atoms with Crippen LogP contribution in [0.1, 0.15) is 18.5 Å². The van der Waals surface area contributed by atoms with Crippen LogP contribution in [0.4, 0.5) is 10.1 Å². The second-order valence-corrected chi connectivity index (χ2v) is 4.91. The Morgan fingerprint density at radius 1 is 1.23 bits per heavy atom. The normalized spacial score (nSPS) is 11.8. The van der Waals surface area contributed by atoms with E-state index in [0.717, 1.165) is 5.56 Å². The smallest absolute Gasteiger partial charge is 0.238 e. The molecule has 0 heterocycles. The third kappa shape index (κ3) is 4.30. The number of para-hydroxylation sites is 2. The number of halogens is 1. The zero-order chi connectivity index (χ0) is 15.9. The van der Waals surface area contributed by atoms with E-state index in [1.54, 1.807) is 25.3 Å². The molecule has 0 spiro atoms. The van der Waals surface area contributed by atoms with Crippen LogP contribution >= 0.6 is 0 Å². The molecule has 0 aliphatic carbocycles. The summed E-state index contributed by atoms with van der Waals surface area (Å²) in [6, 6.07) is 13.4. The van der Waals surface area contributed by atoms with Crippen molar-refractivity contribution < 1.29 is 13.9 Å². The molecule has 0 saturated heterocycles. The van der Waals surface area contributed by atoms with Crippen LogP contribution in [-0.2, 0) is 4.79 Å². The van der Waals surface area contributed by atoms with Crippen molar-refractivity contribution >= 4 is 11.6 Å². The summed E-state index contributed by atoms with van der Waals surface area (Å²) in [7, 11) is 1.55. The summed E-state index contributed by atoms with van der Waals surface area (Å²) >= 11 is 0. The quantitative estimate of drug-likeness (QED) is 0.862. The Bertz CT molecular complexity index is 646. The Balaban J connectivity index is 1.90. The van der Waals surface area contributed by atoms with Gasteiger partial charge in [-0.05, 0) is 36.8 Å². The van der Waals surface area contributed by atoms with Crippen molar-refractivity contribution in [2.75, 3.05) is 19.0 Å². The fourth-order valence-electron chi connectivity index (χ4n) is 2.08. The van der Waals surface area contributed by atoms with E-state index in [1.807, 2.05) is 25.1 Å². The highest BCUT2D eigenvalue weighted by atomic mass is 19.1. The van der Waals surface area contributed by atoms with Gasteiger partial charge in [-0.25, -0.2) is 4.39 Å². The van der Waals surface area contributed by atoms with E-state index in [1.165, 1.54) is 12.1 Å². The Hall–Kier alpha value is -2.40. The molecule has 4 nitrogen and oxygen atoms in total. The van der Waals surface area contributed by atoms with Crippen LogP contribution in [0.25, 0.3) is 0 Å². The molecule has 2 aromatic carbocycles. The van der Waals surface area contributed by atoms with E-state index in [9.17, 15) is 9.18 Å². The number of hydrogen-bond acceptors (Lipinski definition) is 3. The van der Waals surface area contributed by atoms with Crippen molar-refractivity contribution in [3.05, 3.63) is 59.9 Å². The van der Waals surface area contributed by atoms with Crippen LogP contribution in [0.2, 0.25) is 0 Å². The first-order valence-electron chi connectivity index (χ1n) is 7.02. The second kappa shape index (κ2) is 7.56. The summed E-state index contributed by atoms with van der Waals surface area (Å²) in [5, 5.41) is 5.84. The number of hydrogen-bond donors (Lipinski definition) is 2. The molecule has 0 radical (unpaired) electrons. The minimum atomic E-state index is -0.287. The molecule has 2 N–H and O–H groups in total. The minimum absolute atomic E-state index is 0.121. The molecule has 116 valence electrons. The maximum absolute atomic E-state index is 13.2. The summed E-state index contributed by atoms with van der Waals surface area (Å²) < 4.78 is 18.4. The lowest BCUT2D eigenvalue weighted by molar-refractivity contribution is -0.115. The summed E-state index contributed by atoms with van der Waals surface area (Å²) in [5.41, 5.74) is 1.42. The lowest BCUT2D eigenvalue weighted by atomic mass is 10.1. The first-order valence-corrected chi connectivity index (χ1v) is 7.02. The average Bonchev–Trinajstić information content (AvgIpc) is 2.53. The van der Waals surface area contributed by atoms with Gasteiger partial charge >= 0.3 is 0 Å². The molecule has 22 heavy (non-hydrogen) atoms. The van der Waals surface area contributed by atoms with Gasteiger partial charge in [0.2, 0.25) is 5.91 Å². The van der Waals surface area contributed by atoms with E-state index in [4.69, 9.17) is 4.74 Å². The first-order chi connectivity index (χ1) is 10.6. The molecule has 0 bridgehead atoms. The van der Waals surface area contributed by atoms with E-state index >= 15 is 0 Å². The van der Waals surface area contributed by atoms with Crippen molar-refractivity contribution in [1.29, 1.82) is 0 Å². The van der Waals surface area contributed by atoms with E-state index in [2.05, 4.69) is 10.6 Å². The molecule has 0 aliphatic heterocycles. The molecule has 0 aromatic heterocycles. The number of carbonyl (C=O) groups excluding carboxylic acids is 1. The fraction of sp³-hybridized carbons (Fsp3) is 0.235. The van der Waals surface area contributed by atoms with Gasteiger partial charge in [0.1, 0.15) is 11.6 Å². The van der Waals surface area contributed by atoms with Crippen LogP contribution in [0.15, 0.2) is 48.5 Å². The van der Waals surface area contributed by atoms with Gasteiger partial charge in [0.05, 0.1) is 19.3 Å². The van der Waals surface area contributed by atoms with Crippen molar-refractivity contribution in [2.24, 2.45) is 0 Å². The first kappa shape index (κ1) is 16.0. The second-order valence-electron chi connectivity index (χ2n) is 4.91. The van der Waals surface area contributed by atoms with Crippen LogP contribution in [-0.4, -0.2) is 19.6 Å². The van der Waals surface area contributed by atoms with Gasteiger partial charge in [-0.3, -0.25) is 4.79 Å². The van der Waals surface area contributed by atoms with Crippen LogP contribution in [0.3, 0.4) is 0 Å². The van der Waals surface area contributed by atoms with E-state index < -0.39 is 0 Å². The number of carbonyl (C=O) groups is 1. The van der Waals surface area contributed by atoms with E-state index in [0.29, 0.717) is 11.4 Å². The molecular weight excluding hydrogens is 283 g/mol. The highest BCUT2D eigenvalue weighted by Crippen LogP contribution is 2.22. The maximum Gasteiger partial charge on any atom is 0.238 e. The maximum atomic E-state index is 13.2. The molecule has 5 heteroatoms. The molecule has 0 saturated carbocycles. The minimum Gasteiger partial charge on any atom is -0.495 e. The summed E-state index contributed by atoms with van der Waals surface area (Å²) in [6.45, 7) is 2.00. The van der Waals surface area contributed by atoms with Gasteiger partial charge in [0.25, 0.3) is 0 Å². The molecule has 0 aliphatic rings. The van der Waals surface area contributed by atoms with Gasteiger partial charge in [-0.2, -0.15) is 0 Å². The molecular formula is C17H19FN2O2. The third-order valence-electron chi connectivity index (χ3n) is 3.30. The molecule has 1 atom stereocenters. The standard InChI is InChI=1S/C17H19FN2O2/c1-12(13-6-5-7-14(18)10-13)19-11-17(21)20-15-8-3-4-9-16(15)22-2/h3-10,12,19H,11H2,1-2H3,(H,20,21). The number of ether oxygens (including phenoxy) is 1. The zero-order valence-corrected chi connectivity index (χ0v) is 12.6. The number of benzene rings is 2. The predicted octanol–water partition coefficient (Wildman–Crippen LogP) is 3.12. The summed E-state index contributed by atoms with van der Waals surface area (Å²) in [6.07, 6.45) is 0. The van der Waals surface area contributed by atoms with Crippen molar-refractivity contribution in [1.82, 2.24) is 5.32 Å². The third-order valence-corrected chi connectivity index (χ3v) is 3.30.